The number of nitrogens with zero attached hydrogens (tertiary/aromatic N) is 1. The molecule has 0 unspecified atom stereocenters. The Labute approximate surface area is 120 Å². The Hall–Kier alpha value is -1.71. The Morgan fingerprint density at radius 2 is 1.79 bits per heavy atom. The number of benzene rings is 1. The number of halogens is 2. The minimum Gasteiger partial charge on any atom is -0.287 e. The normalized spacial score (nSPS) is 14.9. The molecule has 0 heterocycles. The molecule has 0 saturated carbocycles. The van der Waals surface area contributed by atoms with Gasteiger partial charge in [-0.15, -0.1) is 0 Å². The summed E-state index contributed by atoms with van der Waals surface area (Å²) in [5.74, 6) is -0.875. The lowest BCUT2D eigenvalue weighted by Gasteiger charge is -2.05. The first-order valence-corrected chi connectivity index (χ1v) is 6.22. The fourth-order valence-corrected chi connectivity index (χ4v) is 2.05. The molecule has 3 nitrogen and oxygen atoms in total. The Bertz CT molecular complexity index is 633. The first-order chi connectivity index (χ1) is 8.97. The molecular weight excluding hydrogens is 285 g/mol. The van der Waals surface area contributed by atoms with Crippen molar-refractivity contribution >= 4 is 40.6 Å². The van der Waals surface area contributed by atoms with Gasteiger partial charge in [-0.2, -0.15) is 0 Å². The highest BCUT2D eigenvalue weighted by atomic mass is 35.5. The zero-order chi connectivity index (χ0) is 14.0. The predicted octanol–water partition coefficient (Wildman–Crippen LogP) is 3.40. The molecule has 0 fully saturated rings. The zero-order valence-corrected chi connectivity index (χ0v) is 11.5. The van der Waals surface area contributed by atoms with Crippen LogP contribution in [0.4, 0.5) is 0 Å². The summed E-state index contributed by atoms with van der Waals surface area (Å²) in [6.45, 7) is 1.89. The minimum absolute atomic E-state index is 0.0525. The van der Waals surface area contributed by atoms with E-state index in [9.17, 15) is 9.59 Å². The molecule has 0 saturated heterocycles. The molecular formula is C14H9Cl2NO2. The van der Waals surface area contributed by atoms with Crippen molar-refractivity contribution in [3.8, 4) is 0 Å². The first kappa shape index (κ1) is 13.7. The fraction of sp³-hybridized carbons (Fsp3) is 0.0714. The van der Waals surface area contributed by atoms with Crippen LogP contribution in [0.1, 0.15) is 15.9 Å². The first-order valence-electron chi connectivity index (χ1n) is 5.46. The molecule has 1 aromatic carbocycles. The lowest BCUT2D eigenvalue weighted by atomic mass is 10.1. The second-order valence-corrected chi connectivity index (χ2v) is 4.84. The number of Topliss-reactive ketones (excluding diaryl/α,β-unsaturated/α-hetero) is 1. The summed E-state index contributed by atoms with van der Waals surface area (Å²) in [7, 11) is 0. The van der Waals surface area contributed by atoms with Gasteiger partial charge < -0.3 is 0 Å². The molecule has 0 aromatic heterocycles. The van der Waals surface area contributed by atoms with Crippen LogP contribution >= 0.6 is 23.2 Å². The van der Waals surface area contributed by atoms with Crippen molar-refractivity contribution in [1.29, 1.82) is 0 Å². The number of carbonyl (C=O) groups excluding carboxylic acids is 2. The predicted molar refractivity (Wildman–Crippen MR) is 75.8 cm³/mol. The average Bonchev–Trinajstić information content (AvgIpc) is 2.36. The number of amides is 1. The van der Waals surface area contributed by atoms with Crippen molar-refractivity contribution in [2.45, 2.75) is 6.92 Å². The standard InChI is InChI=1S/C14H9Cl2NO2/c1-8-3-2-4-9(5-8)14(19)17-10-6-11(15)13(18)12(16)7-10/h2-7H,1H3. The number of hydrogen-bond donors (Lipinski definition) is 0. The molecule has 0 aliphatic heterocycles. The molecule has 1 amide bonds. The van der Waals surface area contributed by atoms with Crippen LogP contribution in [-0.4, -0.2) is 17.4 Å². The Morgan fingerprint density at radius 1 is 1.16 bits per heavy atom. The van der Waals surface area contributed by atoms with Gasteiger partial charge in [-0.3, -0.25) is 9.59 Å². The van der Waals surface area contributed by atoms with E-state index in [-0.39, 0.29) is 15.8 Å². The lowest BCUT2D eigenvalue weighted by Crippen LogP contribution is -2.09. The summed E-state index contributed by atoms with van der Waals surface area (Å²) in [6, 6.07) is 7.07. The molecule has 1 aromatic rings. The SMILES string of the molecule is Cc1cccc(C(=O)N=C2C=C(Cl)C(=O)C(Cl)=C2)c1. The van der Waals surface area contributed by atoms with Crippen LogP contribution in [0.2, 0.25) is 0 Å². The van der Waals surface area contributed by atoms with Gasteiger partial charge in [0.15, 0.2) is 0 Å². The van der Waals surface area contributed by atoms with Crippen LogP contribution in [0.15, 0.2) is 51.5 Å². The van der Waals surface area contributed by atoms with Crippen LogP contribution in [0, 0.1) is 6.92 Å². The third-order valence-corrected chi connectivity index (χ3v) is 3.04. The third kappa shape index (κ3) is 3.19. The van der Waals surface area contributed by atoms with Gasteiger partial charge in [0.2, 0.25) is 5.78 Å². The van der Waals surface area contributed by atoms with Crippen LogP contribution in [0.25, 0.3) is 0 Å². The summed E-state index contributed by atoms with van der Waals surface area (Å²) in [5, 5.41) is -0.105. The zero-order valence-electron chi connectivity index (χ0n) is 9.98. The molecule has 96 valence electrons. The Balaban J connectivity index is 2.32. The quantitative estimate of drug-likeness (QED) is 0.745. The smallest absolute Gasteiger partial charge is 0.277 e. The minimum atomic E-state index is -0.467. The molecule has 0 bridgehead atoms. The van der Waals surface area contributed by atoms with E-state index >= 15 is 0 Å². The fourth-order valence-electron chi connectivity index (χ4n) is 1.57. The maximum atomic E-state index is 11.9. The van der Waals surface area contributed by atoms with E-state index in [2.05, 4.69) is 4.99 Å². The van der Waals surface area contributed by atoms with Gasteiger partial charge in [0.05, 0.1) is 15.8 Å². The number of rotatable bonds is 1. The van der Waals surface area contributed by atoms with Crippen molar-refractivity contribution in [1.82, 2.24) is 0 Å². The molecule has 5 heteroatoms. The molecule has 0 radical (unpaired) electrons. The van der Waals surface area contributed by atoms with E-state index in [1.807, 2.05) is 13.0 Å². The van der Waals surface area contributed by atoms with Crippen molar-refractivity contribution in [2.24, 2.45) is 4.99 Å². The highest BCUT2D eigenvalue weighted by Crippen LogP contribution is 2.19. The molecule has 2 rings (SSSR count). The van der Waals surface area contributed by atoms with Crippen LogP contribution in [0.5, 0.6) is 0 Å². The van der Waals surface area contributed by atoms with Crippen molar-refractivity contribution in [2.75, 3.05) is 0 Å². The van der Waals surface area contributed by atoms with E-state index in [1.165, 1.54) is 12.2 Å². The summed E-state index contributed by atoms with van der Waals surface area (Å²) in [6.07, 6.45) is 2.65. The van der Waals surface area contributed by atoms with Gasteiger partial charge in [-0.1, -0.05) is 40.9 Å². The summed E-state index contributed by atoms with van der Waals surface area (Å²) >= 11 is 11.4. The Morgan fingerprint density at radius 3 is 2.37 bits per heavy atom. The van der Waals surface area contributed by atoms with Gasteiger partial charge in [0.25, 0.3) is 5.91 Å². The highest BCUT2D eigenvalue weighted by Gasteiger charge is 2.18. The lowest BCUT2D eigenvalue weighted by molar-refractivity contribution is -0.111. The number of carbonyl (C=O) groups is 2. The van der Waals surface area contributed by atoms with E-state index < -0.39 is 11.7 Å². The van der Waals surface area contributed by atoms with Gasteiger partial charge in [-0.05, 0) is 31.2 Å². The molecule has 0 spiro atoms. The summed E-state index contributed by atoms with van der Waals surface area (Å²) in [4.78, 5) is 27.2. The van der Waals surface area contributed by atoms with Crippen LogP contribution < -0.4 is 0 Å². The monoisotopic (exact) mass is 293 g/mol. The molecule has 19 heavy (non-hydrogen) atoms. The number of allylic oxidation sites excluding steroid dienone is 4. The number of hydrogen-bond acceptors (Lipinski definition) is 2. The maximum absolute atomic E-state index is 11.9. The van der Waals surface area contributed by atoms with Gasteiger partial charge >= 0.3 is 0 Å². The van der Waals surface area contributed by atoms with E-state index in [0.29, 0.717) is 5.56 Å². The second-order valence-electron chi connectivity index (χ2n) is 4.02. The van der Waals surface area contributed by atoms with Crippen LogP contribution in [0.3, 0.4) is 0 Å². The average molecular weight is 294 g/mol. The van der Waals surface area contributed by atoms with Gasteiger partial charge in [-0.25, -0.2) is 4.99 Å². The third-order valence-electron chi connectivity index (χ3n) is 2.48. The number of ketones is 1. The van der Waals surface area contributed by atoms with Crippen molar-refractivity contribution in [3.63, 3.8) is 0 Å². The van der Waals surface area contributed by atoms with Gasteiger partial charge in [0, 0.05) is 5.56 Å². The largest absolute Gasteiger partial charge is 0.287 e. The van der Waals surface area contributed by atoms with Crippen LogP contribution in [-0.2, 0) is 4.79 Å². The Kier molecular flexibility index (Phi) is 3.98. The molecule has 0 atom stereocenters. The van der Waals surface area contributed by atoms with E-state index in [0.717, 1.165) is 5.56 Å². The maximum Gasteiger partial charge on any atom is 0.277 e. The van der Waals surface area contributed by atoms with Crippen molar-refractivity contribution < 1.29 is 9.59 Å². The summed E-state index contributed by atoms with van der Waals surface area (Å²) < 4.78 is 0. The van der Waals surface area contributed by atoms with E-state index in [1.54, 1.807) is 18.2 Å². The second kappa shape index (κ2) is 5.51. The van der Waals surface area contributed by atoms with E-state index in [4.69, 9.17) is 23.2 Å². The van der Waals surface area contributed by atoms with Crippen molar-refractivity contribution in [3.05, 3.63) is 57.6 Å². The highest BCUT2D eigenvalue weighted by molar-refractivity contribution is 6.57. The topological polar surface area (TPSA) is 46.5 Å². The number of aryl methyl sites for hydroxylation is 1. The van der Waals surface area contributed by atoms with Gasteiger partial charge in [0.1, 0.15) is 0 Å². The number of aliphatic imine (C=N–C) groups is 1. The summed E-state index contributed by atoms with van der Waals surface area (Å²) in [5.41, 5.74) is 1.70. The molecule has 1 aliphatic carbocycles. The molecule has 1 aliphatic rings. The molecule has 0 N–H and O–H groups in total.